The molecule has 2 aromatic carbocycles. The third kappa shape index (κ3) is 3.19. The first kappa shape index (κ1) is 12.8. The van der Waals surface area contributed by atoms with Gasteiger partial charge in [-0.1, -0.05) is 54.6 Å². The molecule has 0 fully saturated rings. The van der Waals surface area contributed by atoms with Crippen molar-refractivity contribution in [2.24, 2.45) is 5.73 Å². The molecule has 3 rings (SSSR count). The molecule has 0 amide bonds. The van der Waals surface area contributed by atoms with E-state index in [0.29, 0.717) is 0 Å². The lowest BCUT2D eigenvalue weighted by molar-refractivity contribution is 0.187. The molecule has 1 unspecified atom stereocenters. The molecule has 0 heterocycles. The van der Waals surface area contributed by atoms with Gasteiger partial charge in [0.05, 0.1) is 6.10 Å². The fraction of sp³-hybridized carbons (Fsp3) is 0.250. The molecular weight excluding hydrogens is 222 g/mol. The van der Waals surface area contributed by atoms with Crippen molar-refractivity contribution in [3.8, 4) is 0 Å². The van der Waals surface area contributed by atoms with Crippen molar-refractivity contribution in [1.29, 1.82) is 0 Å². The highest BCUT2D eigenvalue weighted by atomic mass is 16.3. The Morgan fingerprint density at radius 3 is 1.78 bits per heavy atom. The Kier molecular flexibility index (Phi) is 4.51. The maximum Gasteiger partial charge on any atom is 0.0912 e. The van der Waals surface area contributed by atoms with E-state index in [2.05, 4.69) is 24.3 Å². The predicted molar refractivity (Wildman–Crippen MR) is 74.3 cm³/mol. The van der Waals surface area contributed by atoms with Crippen LogP contribution >= 0.6 is 0 Å². The summed E-state index contributed by atoms with van der Waals surface area (Å²) in [6.45, 7) is 0.282. The minimum absolute atomic E-state index is 0.282. The van der Waals surface area contributed by atoms with Crippen LogP contribution in [0.15, 0.2) is 54.6 Å². The molecule has 0 radical (unpaired) electrons. The quantitative estimate of drug-likeness (QED) is 0.848. The van der Waals surface area contributed by atoms with Crippen LogP contribution in [-0.2, 0) is 12.8 Å². The lowest BCUT2D eigenvalue weighted by Crippen LogP contribution is -2.10. The summed E-state index contributed by atoms with van der Waals surface area (Å²) in [5.74, 6) is 0. The molecule has 0 saturated carbocycles. The van der Waals surface area contributed by atoms with Gasteiger partial charge in [-0.3, -0.25) is 0 Å². The number of benzene rings is 2. The highest BCUT2D eigenvalue weighted by molar-refractivity contribution is 5.34. The van der Waals surface area contributed by atoms with E-state index in [1.165, 1.54) is 12.8 Å². The monoisotopic (exact) mass is 241 g/mol. The highest BCUT2D eigenvalue weighted by Crippen LogP contribution is 2.20. The average Bonchev–Trinajstić information content (AvgIpc) is 2.41. The van der Waals surface area contributed by atoms with Crippen molar-refractivity contribution in [1.82, 2.24) is 0 Å². The van der Waals surface area contributed by atoms with Crippen molar-refractivity contribution in [2.45, 2.75) is 18.9 Å². The molecule has 3 N–H and O–H groups in total. The first-order valence-electron chi connectivity index (χ1n) is 6.31. The number of aliphatic hydroxyl groups is 1. The standard InChI is InChI=1S/C8H11NO.C8H8/c9-6-8(10)7-4-2-1-3-5-7;1-2-4-8-6-5-7(8)3-1/h1-5,8,10H,6,9H2;1-4H,5-6H2. The molecule has 1 aliphatic carbocycles. The van der Waals surface area contributed by atoms with E-state index >= 15 is 0 Å². The van der Waals surface area contributed by atoms with E-state index in [0.717, 1.165) is 5.56 Å². The topological polar surface area (TPSA) is 46.2 Å². The van der Waals surface area contributed by atoms with Gasteiger partial charge < -0.3 is 10.8 Å². The molecule has 0 bridgehead atoms. The number of aliphatic hydroxyl groups excluding tert-OH is 1. The zero-order chi connectivity index (χ0) is 12.8. The number of fused-ring (bicyclic) bond motifs is 1. The Hall–Kier alpha value is -1.64. The van der Waals surface area contributed by atoms with Gasteiger partial charge in [-0.2, -0.15) is 0 Å². The number of nitrogens with two attached hydrogens (primary N) is 1. The van der Waals surface area contributed by atoms with Crippen LogP contribution in [0.2, 0.25) is 0 Å². The number of rotatable bonds is 2. The second-order valence-electron chi connectivity index (χ2n) is 4.43. The molecule has 2 aromatic rings. The third-order valence-electron chi connectivity index (χ3n) is 3.19. The Morgan fingerprint density at radius 1 is 0.889 bits per heavy atom. The Labute approximate surface area is 108 Å². The van der Waals surface area contributed by atoms with E-state index in [-0.39, 0.29) is 6.54 Å². The minimum Gasteiger partial charge on any atom is -0.387 e. The summed E-state index contributed by atoms with van der Waals surface area (Å²) < 4.78 is 0. The molecule has 1 aliphatic rings. The zero-order valence-corrected chi connectivity index (χ0v) is 10.4. The lowest BCUT2D eigenvalue weighted by atomic mass is 9.89. The van der Waals surface area contributed by atoms with Gasteiger partial charge >= 0.3 is 0 Å². The van der Waals surface area contributed by atoms with Crippen LogP contribution in [0.5, 0.6) is 0 Å². The molecule has 0 spiro atoms. The van der Waals surface area contributed by atoms with Gasteiger partial charge in [-0.15, -0.1) is 0 Å². The van der Waals surface area contributed by atoms with Crippen LogP contribution in [0.25, 0.3) is 0 Å². The number of hydrogen-bond donors (Lipinski definition) is 2. The van der Waals surface area contributed by atoms with Crippen LogP contribution < -0.4 is 5.73 Å². The molecule has 0 aliphatic heterocycles. The van der Waals surface area contributed by atoms with Crippen molar-refractivity contribution < 1.29 is 5.11 Å². The van der Waals surface area contributed by atoms with Crippen LogP contribution in [0.4, 0.5) is 0 Å². The molecule has 94 valence electrons. The Balaban J connectivity index is 0.000000136. The van der Waals surface area contributed by atoms with Crippen molar-refractivity contribution in [3.63, 3.8) is 0 Å². The summed E-state index contributed by atoms with van der Waals surface area (Å²) in [5, 5.41) is 9.20. The maximum absolute atomic E-state index is 9.20. The average molecular weight is 241 g/mol. The molecule has 2 nitrogen and oxygen atoms in total. The smallest absolute Gasteiger partial charge is 0.0912 e. The van der Waals surface area contributed by atoms with Gasteiger partial charge in [-0.05, 0) is 29.5 Å². The molecular formula is C16H19NO. The Morgan fingerprint density at radius 2 is 1.39 bits per heavy atom. The summed E-state index contributed by atoms with van der Waals surface area (Å²) in [7, 11) is 0. The summed E-state index contributed by atoms with van der Waals surface area (Å²) in [6, 6.07) is 18.0. The summed E-state index contributed by atoms with van der Waals surface area (Å²) >= 11 is 0. The Bertz CT molecular complexity index is 458. The fourth-order valence-electron chi connectivity index (χ4n) is 1.95. The largest absolute Gasteiger partial charge is 0.387 e. The van der Waals surface area contributed by atoms with Gasteiger partial charge in [-0.25, -0.2) is 0 Å². The summed E-state index contributed by atoms with van der Waals surface area (Å²) in [4.78, 5) is 0. The highest BCUT2D eigenvalue weighted by Gasteiger charge is 2.09. The van der Waals surface area contributed by atoms with Crippen LogP contribution in [0.3, 0.4) is 0 Å². The van der Waals surface area contributed by atoms with E-state index in [4.69, 9.17) is 5.73 Å². The first-order chi connectivity index (χ1) is 8.81. The van der Waals surface area contributed by atoms with E-state index in [1.807, 2.05) is 30.3 Å². The molecule has 18 heavy (non-hydrogen) atoms. The summed E-state index contributed by atoms with van der Waals surface area (Å²) in [6.07, 6.45) is 2.09. The van der Waals surface area contributed by atoms with E-state index < -0.39 is 6.10 Å². The first-order valence-corrected chi connectivity index (χ1v) is 6.31. The zero-order valence-electron chi connectivity index (χ0n) is 10.4. The fourth-order valence-corrected chi connectivity index (χ4v) is 1.95. The van der Waals surface area contributed by atoms with E-state index in [9.17, 15) is 5.11 Å². The number of aryl methyl sites for hydroxylation is 2. The van der Waals surface area contributed by atoms with Crippen LogP contribution in [0, 0.1) is 0 Å². The van der Waals surface area contributed by atoms with Crippen LogP contribution in [-0.4, -0.2) is 11.7 Å². The lowest BCUT2D eigenvalue weighted by Gasteiger charge is -2.16. The molecule has 0 aromatic heterocycles. The maximum atomic E-state index is 9.20. The van der Waals surface area contributed by atoms with E-state index in [1.54, 1.807) is 11.1 Å². The normalized spacial score (nSPS) is 13.7. The number of hydrogen-bond acceptors (Lipinski definition) is 2. The predicted octanol–water partition coefficient (Wildman–Crippen LogP) is 2.46. The van der Waals surface area contributed by atoms with Crippen molar-refractivity contribution >= 4 is 0 Å². The van der Waals surface area contributed by atoms with Gasteiger partial charge in [0.25, 0.3) is 0 Å². The van der Waals surface area contributed by atoms with Gasteiger partial charge in [0.1, 0.15) is 0 Å². The molecule has 2 heteroatoms. The van der Waals surface area contributed by atoms with Gasteiger partial charge in [0, 0.05) is 6.54 Å². The van der Waals surface area contributed by atoms with Crippen LogP contribution in [0.1, 0.15) is 22.8 Å². The third-order valence-corrected chi connectivity index (χ3v) is 3.19. The summed E-state index contributed by atoms with van der Waals surface area (Å²) in [5.41, 5.74) is 9.23. The van der Waals surface area contributed by atoms with Crippen molar-refractivity contribution in [2.75, 3.05) is 6.54 Å². The molecule has 1 atom stereocenters. The minimum atomic E-state index is -0.513. The second kappa shape index (κ2) is 6.34. The second-order valence-corrected chi connectivity index (χ2v) is 4.43. The molecule has 0 saturated heterocycles. The van der Waals surface area contributed by atoms with Gasteiger partial charge in [0.15, 0.2) is 0 Å². The SMILES string of the molecule is NCC(O)c1ccccc1.c1ccc2c(c1)CC2. The van der Waals surface area contributed by atoms with Gasteiger partial charge in [0.2, 0.25) is 0 Å². The van der Waals surface area contributed by atoms with Crippen molar-refractivity contribution in [3.05, 3.63) is 71.3 Å².